The summed E-state index contributed by atoms with van der Waals surface area (Å²) < 4.78 is 15.0. The summed E-state index contributed by atoms with van der Waals surface area (Å²) in [5, 5.41) is 20.3. The molecule has 0 aliphatic carbocycles. The first-order chi connectivity index (χ1) is 17.4. The predicted molar refractivity (Wildman–Crippen MR) is 139 cm³/mol. The van der Waals surface area contributed by atoms with Gasteiger partial charge in [0.05, 0.1) is 11.0 Å². The Morgan fingerprint density at radius 3 is 2.27 bits per heavy atom. The average molecular weight is 518 g/mol. The number of hydrogen-bond donors (Lipinski definition) is 3. The number of carbonyl (C=O) groups excluding carboxylic acids is 2. The topological polar surface area (TPSA) is 117 Å². The van der Waals surface area contributed by atoms with Crippen molar-refractivity contribution in [2.75, 3.05) is 46.3 Å². The molecular weight excluding hydrogens is 477 g/mol. The Labute approximate surface area is 218 Å². The number of nitrogens with one attached hydrogen (secondary N) is 2. The predicted octanol–water partition coefficient (Wildman–Crippen LogP) is 2.65. The second-order valence-corrected chi connectivity index (χ2v) is 10.8. The molecular formula is C27H40FN5O4. The Hall–Kier alpha value is -3.01. The maximum atomic E-state index is 15.0. The van der Waals surface area contributed by atoms with Gasteiger partial charge in [0.1, 0.15) is 11.7 Å². The highest BCUT2D eigenvalue weighted by Crippen LogP contribution is 2.30. The lowest BCUT2D eigenvalue weighted by molar-refractivity contribution is -0.143. The Balaban J connectivity index is 1.64. The summed E-state index contributed by atoms with van der Waals surface area (Å²) in [6.45, 7) is 9.45. The third kappa shape index (κ3) is 6.85. The molecule has 1 aromatic carbocycles. The molecule has 1 aromatic rings. The summed E-state index contributed by atoms with van der Waals surface area (Å²) >= 11 is 0. The van der Waals surface area contributed by atoms with Crippen LogP contribution in [0.5, 0.6) is 0 Å². The van der Waals surface area contributed by atoms with Crippen LogP contribution in [0, 0.1) is 22.6 Å². The number of likely N-dealkylation sites (N-methyl/N-ethyl adjacent to an activating group) is 1. The highest BCUT2D eigenvalue weighted by molar-refractivity contribution is 5.99. The van der Waals surface area contributed by atoms with Gasteiger partial charge >= 0.3 is 5.97 Å². The van der Waals surface area contributed by atoms with Crippen molar-refractivity contribution in [2.24, 2.45) is 11.3 Å². The monoisotopic (exact) mass is 517 g/mol. The molecule has 1 atom stereocenters. The van der Waals surface area contributed by atoms with Crippen molar-refractivity contribution in [3.05, 3.63) is 35.1 Å². The van der Waals surface area contributed by atoms with E-state index in [2.05, 4.69) is 10.2 Å². The molecule has 0 unspecified atom stereocenters. The molecule has 2 aliphatic heterocycles. The molecule has 0 spiro atoms. The van der Waals surface area contributed by atoms with Crippen molar-refractivity contribution in [1.29, 1.82) is 5.41 Å². The lowest BCUT2D eigenvalue weighted by Gasteiger charge is -2.40. The van der Waals surface area contributed by atoms with E-state index in [0.717, 1.165) is 13.1 Å². The third-order valence-electron chi connectivity index (χ3n) is 7.81. The fourth-order valence-corrected chi connectivity index (χ4v) is 5.23. The number of carboxylic acids is 1. The Kier molecular flexibility index (Phi) is 9.28. The van der Waals surface area contributed by atoms with Gasteiger partial charge in [0.25, 0.3) is 5.91 Å². The number of aliphatic carboxylic acids is 1. The van der Waals surface area contributed by atoms with Crippen LogP contribution < -0.4 is 5.32 Å². The largest absolute Gasteiger partial charge is 0.481 e. The van der Waals surface area contributed by atoms with E-state index in [0.29, 0.717) is 51.0 Å². The highest BCUT2D eigenvalue weighted by Gasteiger charge is 2.41. The molecule has 37 heavy (non-hydrogen) atoms. The van der Waals surface area contributed by atoms with E-state index >= 15 is 4.39 Å². The Morgan fingerprint density at radius 1 is 1.11 bits per heavy atom. The molecule has 2 amide bonds. The Morgan fingerprint density at radius 2 is 1.73 bits per heavy atom. The maximum absolute atomic E-state index is 15.0. The van der Waals surface area contributed by atoms with E-state index in [1.807, 2.05) is 18.9 Å². The van der Waals surface area contributed by atoms with Crippen LogP contribution in [-0.4, -0.2) is 95.8 Å². The van der Waals surface area contributed by atoms with E-state index in [9.17, 15) is 14.4 Å². The number of halogens is 1. The molecule has 0 bridgehead atoms. The molecule has 3 N–H and O–H groups in total. The molecule has 0 radical (unpaired) electrons. The smallest absolute Gasteiger partial charge is 0.303 e. The lowest BCUT2D eigenvalue weighted by atomic mass is 9.80. The van der Waals surface area contributed by atoms with Gasteiger partial charge in [-0.15, -0.1) is 0 Å². The van der Waals surface area contributed by atoms with Crippen molar-refractivity contribution in [1.82, 2.24) is 20.0 Å². The minimum Gasteiger partial charge on any atom is -0.481 e. The van der Waals surface area contributed by atoms with Gasteiger partial charge < -0.3 is 25.1 Å². The Bertz CT molecular complexity index is 1010. The number of amides is 2. The first kappa shape index (κ1) is 28.6. The molecule has 2 fully saturated rings. The summed E-state index contributed by atoms with van der Waals surface area (Å²) in [6, 6.07) is 3.71. The van der Waals surface area contributed by atoms with E-state index in [4.69, 9.17) is 10.5 Å². The zero-order valence-corrected chi connectivity index (χ0v) is 22.3. The van der Waals surface area contributed by atoms with Crippen molar-refractivity contribution < 1.29 is 23.9 Å². The molecule has 204 valence electrons. The van der Waals surface area contributed by atoms with Crippen molar-refractivity contribution in [2.45, 2.75) is 52.5 Å². The molecule has 3 rings (SSSR count). The first-order valence-corrected chi connectivity index (χ1v) is 13.1. The van der Waals surface area contributed by atoms with E-state index in [-0.39, 0.29) is 29.6 Å². The number of amidine groups is 1. The molecule has 2 aliphatic rings. The van der Waals surface area contributed by atoms with Gasteiger partial charge in [0.15, 0.2) is 0 Å². The number of hydrogen-bond acceptors (Lipinski definition) is 5. The van der Waals surface area contributed by atoms with Gasteiger partial charge in [-0.3, -0.25) is 19.8 Å². The van der Waals surface area contributed by atoms with Gasteiger partial charge in [-0.1, -0.05) is 13.0 Å². The van der Waals surface area contributed by atoms with Crippen LogP contribution in [0.1, 0.15) is 62.4 Å². The number of carbonyl (C=O) groups is 3. The van der Waals surface area contributed by atoms with Crippen LogP contribution in [0.2, 0.25) is 0 Å². The second kappa shape index (κ2) is 12.0. The van der Waals surface area contributed by atoms with Crippen molar-refractivity contribution in [3.8, 4) is 0 Å². The average Bonchev–Trinajstić information content (AvgIpc) is 2.86. The molecule has 9 nitrogen and oxygen atoms in total. The highest BCUT2D eigenvalue weighted by atomic mass is 19.1. The molecule has 2 saturated heterocycles. The van der Waals surface area contributed by atoms with Crippen LogP contribution in [-0.2, 0) is 9.59 Å². The number of piperidine rings is 1. The molecule has 0 saturated carbocycles. The quantitative estimate of drug-likeness (QED) is 0.361. The summed E-state index contributed by atoms with van der Waals surface area (Å²) in [5.41, 5.74) is -0.622. The van der Waals surface area contributed by atoms with Gasteiger partial charge in [0, 0.05) is 57.3 Å². The fourth-order valence-electron chi connectivity index (χ4n) is 5.23. The molecule has 10 heteroatoms. The van der Waals surface area contributed by atoms with Crippen molar-refractivity contribution in [3.63, 3.8) is 0 Å². The van der Waals surface area contributed by atoms with E-state index < -0.39 is 29.2 Å². The van der Waals surface area contributed by atoms with Gasteiger partial charge in [-0.2, -0.15) is 0 Å². The van der Waals surface area contributed by atoms with Crippen LogP contribution in [0.4, 0.5) is 4.39 Å². The zero-order valence-electron chi connectivity index (χ0n) is 22.3. The third-order valence-corrected chi connectivity index (χ3v) is 7.81. The number of likely N-dealkylation sites (tertiary alicyclic amines) is 1. The number of piperazine rings is 1. The summed E-state index contributed by atoms with van der Waals surface area (Å²) in [4.78, 5) is 43.2. The van der Waals surface area contributed by atoms with Crippen molar-refractivity contribution >= 4 is 23.6 Å². The maximum Gasteiger partial charge on any atom is 0.303 e. The van der Waals surface area contributed by atoms with Crippen LogP contribution in [0.3, 0.4) is 0 Å². The number of carboxylic acid groups (broad SMARTS) is 1. The second-order valence-electron chi connectivity index (χ2n) is 10.8. The van der Waals surface area contributed by atoms with Gasteiger partial charge in [0.2, 0.25) is 5.91 Å². The number of benzene rings is 1. The lowest BCUT2D eigenvalue weighted by Crippen LogP contribution is -2.54. The minimum absolute atomic E-state index is 0.0648. The first-order valence-electron chi connectivity index (χ1n) is 13.1. The normalized spacial score (nSPS) is 18.4. The van der Waals surface area contributed by atoms with Crippen LogP contribution in [0.25, 0.3) is 0 Å². The molecule has 2 heterocycles. The van der Waals surface area contributed by atoms with E-state index in [1.54, 1.807) is 24.8 Å². The molecule has 0 aromatic heterocycles. The van der Waals surface area contributed by atoms with Crippen LogP contribution >= 0.6 is 0 Å². The zero-order chi connectivity index (χ0) is 27.3. The standard InChI is InChI=1S/C27H40FN5O4/c1-5-22(27(2,3)26(37)33-10-8-18(9-11-33)16-23(34)35)30-25(36)20-7-6-19(17-21(20)28)24(29)32-14-12-31(4)13-15-32/h6-7,17-18,22,29H,5,8-16H2,1-4H3,(H,30,36)(H,34,35)/t22-/m1/s1. The summed E-state index contributed by atoms with van der Waals surface area (Å²) in [5.74, 6) is -1.92. The summed E-state index contributed by atoms with van der Waals surface area (Å²) in [6.07, 6.45) is 1.86. The summed E-state index contributed by atoms with van der Waals surface area (Å²) in [7, 11) is 2.02. The van der Waals surface area contributed by atoms with Crippen LogP contribution in [0.15, 0.2) is 18.2 Å². The minimum atomic E-state index is -0.927. The number of rotatable bonds is 8. The van der Waals surface area contributed by atoms with E-state index in [1.165, 1.54) is 12.1 Å². The number of nitrogens with zero attached hydrogens (tertiary/aromatic N) is 3. The van der Waals surface area contributed by atoms with Gasteiger partial charge in [-0.25, -0.2) is 4.39 Å². The fraction of sp³-hybridized carbons (Fsp3) is 0.630. The SMILES string of the molecule is CC[C@@H](NC(=O)c1ccc(C(=N)N2CCN(C)CC2)cc1F)C(C)(C)C(=O)N1CCC(CC(=O)O)CC1. The van der Waals surface area contributed by atoms with Gasteiger partial charge in [-0.05, 0) is 58.2 Å².